The van der Waals surface area contributed by atoms with E-state index in [4.69, 9.17) is 14.6 Å². The fourth-order valence-corrected chi connectivity index (χ4v) is 1.19. The Morgan fingerprint density at radius 3 is 2.47 bits per heavy atom. The second-order valence-electron chi connectivity index (χ2n) is 3.03. The number of phenolic OH excluding ortho intramolecular Hbond substituents is 1. The number of hydrogen-bond acceptors (Lipinski definition) is 5. The van der Waals surface area contributed by atoms with Crippen molar-refractivity contribution < 1.29 is 24.8 Å². The minimum Gasteiger partial charge on any atom is -0.504 e. The van der Waals surface area contributed by atoms with Crippen LogP contribution in [0.4, 0.5) is 0 Å². The van der Waals surface area contributed by atoms with E-state index in [1.807, 2.05) is 0 Å². The van der Waals surface area contributed by atoms with E-state index in [0.29, 0.717) is 5.56 Å². The van der Waals surface area contributed by atoms with E-state index >= 15 is 0 Å². The van der Waals surface area contributed by atoms with E-state index in [1.54, 1.807) is 0 Å². The van der Waals surface area contributed by atoms with Gasteiger partial charge in [0, 0.05) is 12.7 Å². The molecule has 1 aromatic carbocycles. The molecule has 5 nitrogen and oxygen atoms in total. The van der Waals surface area contributed by atoms with Gasteiger partial charge in [0.15, 0.2) is 11.5 Å². The molecule has 0 aliphatic rings. The smallest absolute Gasteiger partial charge is 0.216 e. The number of aliphatic hydroxyl groups is 2. The molecular weight excluding hydrogens is 200 g/mol. The maximum absolute atomic E-state index is 9.80. The zero-order valence-electron chi connectivity index (χ0n) is 8.60. The van der Waals surface area contributed by atoms with Gasteiger partial charge in [0.1, 0.15) is 6.61 Å². The number of benzene rings is 1. The maximum atomic E-state index is 9.80. The fourth-order valence-electron chi connectivity index (χ4n) is 1.19. The molecule has 0 aliphatic carbocycles. The highest BCUT2D eigenvalue weighted by Crippen LogP contribution is 2.31. The van der Waals surface area contributed by atoms with Gasteiger partial charge in [-0.3, -0.25) is 0 Å². The van der Waals surface area contributed by atoms with Gasteiger partial charge in [0.2, 0.25) is 5.79 Å². The number of aromatic hydroxyl groups is 1. The first kappa shape index (κ1) is 11.8. The minimum atomic E-state index is -1.78. The third kappa shape index (κ3) is 2.20. The molecule has 1 unspecified atom stereocenters. The molecule has 1 rings (SSSR count). The molecule has 15 heavy (non-hydrogen) atoms. The number of hydrogen-bond donors (Lipinski definition) is 3. The molecule has 0 heterocycles. The summed E-state index contributed by atoms with van der Waals surface area (Å²) >= 11 is 0. The van der Waals surface area contributed by atoms with Gasteiger partial charge in [-0.05, 0) is 18.2 Å². The molecule has 1 aromatic rings. The van der Waals surface area contributed by atoms with E-state index in [-0.39, 0.29) is 11.5 Å². The van der Waals surface area contributed by atoms with Crippen LogP contribution < -0.4 is 4.74 Å². The van der Waals surface area contributed by atoms with Crippen molar-refractivity contribution in [1.29, 1.82) is 0 Å². The van der Waals surface area contributed by atoms with Crippen molar-refractivity contribution in [3.8, 4) is 11.5 Å². The van der Waals surface area contributed by atoms with Crippen molar-refractivity contribution in [2.24, 2.45) is 0 Å². The Labute approximate surface area is 87.5 Å². The molecule has 3 N–H and O–H groups in total. The summed E-state index contributed by atoms with van der Waals surface area (Å²) in [5.41, 5.74) is 0.308. The lowest BCUT2D eigenvalue weighted by Crippen LogP contribution is -2.32. The summed E-state index contributed by atoms with van der Waals surface area (Å²) in [4.78, 5) is 0. The van der Waals surface area contributed by atoms with Gasteiger partial charge in [0.25, 0.3) is 0 Å². The fraction of sp³-hybridized carbons (Fsp3) is 0.400. The predicted octanol–water partition coefficient (Wildman–Crippen LogP) is 0.185. The van der Waals surface area contributed by atoms with Crippen LogP contribution >= 0.6 is 0 Å². The first-order valence-corrected chi connectivity index (χ1v) is 4.33. The maximum Gasteiger partial charge on any atom is 0.216 e. The van der Waals surface area contributed by atoms with Gasteiger partial charge < -0.3 is 24.8 Å². The lowest BCUT2D eigenvalue weighted by Gasteiger charge is -2.24. The highest BCUT2D eigenvalue weighted by Gasteiger charge is 2.28. The van der Waals surface area contributed by atoms with Crippen LogP contribution in [0.3, 0.4) is 0 Å². The third-order valence-corrected chi connectivity index (χ3v) is 2.18. The van der Waals surface area contributed by atoms with Crippen molar-refractivity contribution in [3.63, 3.8) is 0 Å². The zero-order valence-corrected chi connectivity index (χ0v) is 8.60. The second kappa shape index (κ2) is 4.48. The molecule has 0 aromatic heterocycles. The van der Waals surface area contributed by atoms with E-state index in [9.17, 15) is 10.2 Å². The van der Waals surface area contributed by atoms with Gasteiger partial charge in [-0.2, -0.15) is 0 Å². The van der Waals surface area contributed by atoms with Crippen LogP contribution in [-0.2, 0) is 10.5 Å². The Kier molecular flexibility index (Phi) is 3.52. The van der Waals surface area contributed by atoms with E-state index in [0.717, 1.165) is 0 Å². The molecule has 0 radical (unpaired) electrons. The number of rotatable bonds is 4. The van der Waals surface area contributed by atoms with Crippen LogP contribution in [0, 0.1) is 0 Å². The number of aliphatic hydroxyl groups excluding tert-OH is 1. The SMILES string of the molecule is COc1cc(C(O)(CO)OC)ccc1O. The van der Waals surface area contributed by atoms with Crippen LogP contribution in [0.15, 0.2) is 18.2 Å². The minimum absolute atomic E-state index is 0.0438. The molecule has 0 fully saturated rings. The van der Waals surface area contributed by atoms with E-state index in [2.05, 4.69) is 0 Å². The molecule has 1 atom stereocenters. The van der Waals surface area contributed by atoms with Crippen molar-refractivity contribution in [2.75, 3.05) is 20.8 Å². The van der Waals surface area contributed by atoms with Gasteiger partial charge in [-0.1, -0.05) is 0 Å². The Morgan fingerprint density at radius 2 is 2.00 bits per heavy atom. The van der Waals surface area contributed by atoms with Crippen LogP contribution in [0.2, 0.25) is 0 Å². The highest BCUT2D eigenvalue weighted by atomic mass is 16.6. The monoisotopic (exact) mass is 214 g/mol. The molecule has 0 aliphatic heterocycles. The quantitative estimate of drug-likeness (QED) is 0.623. The van der Waals surface area contributed by atoms with Crippen molar-refractivity contribution in [3.05, 3.63) is 23.8 Å². The van der Waals surface area contributed by atoms with Crippen molar-refractivity contribution >= 4 is 0 Å². The molecule has 0 saturated carbocycles. The normalized spacial score (nSPS) is 14.7. The summed E-state index contributed by atoms with van der Waals surface area (Å²) in [5.74, 6) is -1.62. The van der Waals surface area contributed by atoms with Crippen LogP contribution in [0.25, 0.3) is 0 Å². The molecule has 0 amide bonds. The van der Waals surface area contributed by atoms with Gasteiger partial charge >= 0.3 is 0 Å². The highest BCUT2D eigenvalue weighted by molar-refractivity contribution is 5.43. The van der Waals surface area contributed by atoms with E-state index in [1.165, 1.54) is 32.4 Å². The Morgan fingerprint density at radius 1 is 1.33 bits per heavy atom. The molecule has 0 spiro atoms. The summed E-state index contributed by atoms with van der Waals surface area (Å²) in [5, 5.41) is 28.1. The molecule has 5 heteroatoms. The topological polar surface area (TPSA) is 79.2 Å². The molecular formula is C10H14O5. The first-order valence-electron chi connectivity index (χ1n) is 4.33. The van der Waals surface area contributed by atoms with Gasteiger partial charge in [0.05, 0.1) is 7.11 Å². The molecule has 0 bridgehead atoms. The summed E-state index contributed by atoms with van der Waals surface area (Å²) in [7, 11) is 2.67. The van der Waals surface area contributed by atoms with Gasteiger partial charge in [-0.25, -0.2) is 0 Å². The summed E-state index contributed by atoms with van der Waals surface area (Å²) in [6.07, 6.45) is 0. The van der Waals surface area contributed by atoms with Crippen molar-refractivity contribution in [2.45, 2.75) is 5.79 Å². The number of phenols is 1. The second-order valence-corrected chi connectivity index (χ2v) is 3.03. The average molecular weight is 214 g/mol. The lowest BCUT2D eigenvalue weighted by atomic mass is 10.1. The zero-order chi connectivity index (χ0) is 11.5. The average Bonchev–Trinajstić information content (AvgIpc) is 2.28. The van der Waals surface area contributed by atoms with Crippen molar-refractivity contribution in [1.82, 2.24) is 0 Å². The summed E-state index contributed by atoms with van der Waals surface area (Å²) in [6.45, 7) is -0.586. The predicted molar refractivity (Wildman–Crippen MR) is 52.7 cm³/mol. The Bertz CT molecular complexity index is 333. The van der Waals surface area contributed by atoms with E-state index < -0.39 is 12.4 Å². The van der Waals surface area contributed by atoms with Crippen LogP contribution in [-0.4, -0.2) is 36.1 Å². The lowest BCUT2D eigenvalue weighted by molar-refractivity contribution is -0.217. The largest absolute Gasteiger partial charge is 0.504 e. The van der Waals surface area contributed by atoms with Crippen LogP contribution in [0.1, 0.15) is 5.56 Å². The molecule has 0 saturated heterocycles. The third-order valence-electron chi connectivity index (χ3n) is 2.18. The first-order chi connectivity index (χ1) is 7.07. The number of ether oxygens (including phenoxy) is 2. The Balaban J connectivity index is 3.15. The van der Waals surface area contributed by atoms with Crippen LogP contribution in [0.5, 0.6) is 11.5 Å². The van der Waals surface area contributed by atoms with Gasteiger partial charge in [-0.15, -0.1) is 0 Å². The summed E-state index contributed by atoms with van der Waals surface area (Å²) in [6, 6.07) is 4.19. The number of methoxy groups -OCH3 is 2. The summed E-state index contributed by atoms with van der Waals surface area (Å²) < 4.78 is 9.65. The standard InChI is InChI=1S/C10H14O5/c1-14-9-5-7(3-4-8(9)12)10(13,6-11)15-2/h3-5,11-13H,6H2,1-2H3. The Hall–Kier alpha value is -1.30. The molecule has 84 valence electrons.